The van der Waals surface area contributed by atoms with Gasteiger partial charge in [-0.2, -0.15) is 13.2 Å². The highest BCUT2D eigenvalue weighted by molar-refractivity contribution is 5.46. The Morgan fingerprint density at radius 1 is 1.06 bits per heavy atom. The molecular weight excluding hydrogens is 241 g/mol. The molecule has 1 aromatic rings. The number of hydrogen-bond acceptors (Lipinski definition) is 2. The summed E-state index contributed by atoms with van der Waals surface area (Å²) in [6.45, 7) is 7.39. The summed E-state index contributed by atoms with van der Waals surface area (Å²) in [5.41, 5.74) is -0.132. The minimum absolute atomic E-state index is 0.00942. The summed E-state index contributed by atoms with van der Waals surface area (Å²) in [5.74, 6) is 0. The average molecular weight is 260 g/mol. The van der Waals surface area contributed by atoms with E-state index in [0.717, 1.165) is 12.1 Å². The van der Waals surface area contributed by atoms with Gasteiger partial charge in [-0.25, -0.2) is 0 Å². The standard InChI is InChI=1S/C13H19F3N2/c1-12(2,3)18-8-7-17-11-6-4-5-10(9-11)13(14,15)16/h4-6,9,17-18H,7-8H2,1-3H3. The number of nitrogens with one attached hydrogen (secondary N) is 2. The average Bonchev–Trinajstić information content (AvgIpc) is 2.22. The Labute approximate surface area is 106 Å². The summed E-state index contributed by atoms with van der Waals surface area (Å²) >= 11 is 0. The summed E-state index contributed by atoms with van der Waals surface area (Å²) in [4.78, 5) is 0. The Morgan fingerprint density at radius 2 is 1.72 bits per heavy atom. The molecule has 2 nitrogen and oxygen atoms in total. The SMILES string of the molecule is CC(C)(C)NCCNc1cccc(C(F)(F)F)c1. The molecule has 18 heavy (non-hydrogen) atoms. The lowest BCUT2D eigenvalue weighted by Gasteiger charge is -2.20. The fraction of sp³-hybridized carbons (Fsp3) is 0.538. The highest BCUT2D eigenvalue weighted by Crippen LogP contribution is 2.30. The van der Waals surface area contributed by atoms with E-state index in [9.17, 15) is 13.2 Å². The molecule has 0 saturated carbocycles. The van der Waals surface area contributed by atoms with Crippen molar-refractivity contribution in [3.8, 4) is 0 Å². The van der Waals surface area contributed by atoms with E-state index in [4.69, 9.17) is 0 Å². The van der Waals surface area contributed by atoms with E-state index in [1.54, 1.807) is 6.07 Å². The number of hydrogen-bond donors (Lipinski definition) is 2. The van der Waals surface area contributed by atoms with Gasteiger partial charge in [-0.15, -0.1) is 0 Å². The van der Waals surface area contributed by atoms with Gasteiger partial charge in [0.25, 0.3) is 0 Å². The fourth-order valence-corrected chi connectivity index (χ4v) is 1.45. The van der Waals surface area contributed by atoms with Crippen LogP contribution in [0.3, 0.4) is 0 Å². The Balaban J connectivity index is 2.49. The van der Waals surface area contributed by atoms with E-state index in [1.807, 2.05) is 20.8 Å². The van der Waals surface area contributed by atoms with Crippen LogP contribution in [0, 0.1) is 0 Å². The molecule has 5 heteroatoms. The molecule has 0 unspecified atom stereocenters. The summed E-state index contributed by atoms with van der Waals surface area (Å²) in [7, 11) is 0. The van der Waals surface area contributed by atoms with Crippen molar-refractivity contribution >= 4 is 5.69 Å². The van der Waals surface area contributed by atoms with Crippen LogP contribution in [0.1, 0.15) is 26.3 Å². The first-order valence-electron chi connectivity index (χ1n) is 5.85. The topological polar surface area (TPSA) is 24.1 Å². The lowest BCUT2D eigenvalue weighted by molar-refractivity contribution is -0.137. The van der Waals surface area contributed by atoms with Gasteiger partial charge in [0, 0.05) is 24.3 Å². The van der Waals surface area contributed by atoms with Gasteiger partial charge >= 0.3 is 6.18 Å². The highest BCUT2D eigenvalue weighted by Gasteiger charge is 2.30. The summed E-state index contributed by atoms with van der Waals surface area (Å²) < 4.78 is 37.4. The van der Waals surface area contributed by atoms with Crippen LogP contribution in [0.25, 0.3) is 0 Å². The maximum absolute atomic E-state index is 12.5. The van der Waals surface area contributed by atoms with Crippen molar-refractivity contribution in [1.82, 2.24) is 5.32 Å². The molecule has 0 fully saturated rings. The minimum atomic E-state index is -4.29. The van der Waals surface area contributed by atoms with Crippen molar-refractivity contribution in [2.45, 2.75) is 32.5 Å². The van der Waals surface area contributed by atoms with Crippen molar-refractivity contribution in [3.05, 3.63) is 29.8 Å². The molecule has 0 amide bonds. The lowest BCUT2D eigenvalue weighted by atomic mass is 10.1. The molecule has 1 rings (SSSR count). The Kier molecular flexibility index (Phi) is 4.62. The van der Waals surface area contributed by atoms with Gasteiger partial charge in [-0.3, -0.25) is 0 Å². The Bertz CT molecular complexity index is 381. The number of benzene rings is 1. The van der Waals surface area contributed by atoms with Crippen molar-refractivity contribution in [3.63, 3.8) is 0 Å². The number of anilines is 1. The van der Waals surface area contributed by atoms with Crippen LogP contribution < -0.4 is 10.6 Å². The minimum Gasteiger partial charge on any atom is -0.384 e. The lowest BCUT2D eigenvalue weighted by Crippen LogP contribution is -2.38. The third kappa shape index (κ3) is 5.40. The zero-order valence-corrected chi connectivity index (χ0v) is 10.9. The molecule has 2 N–H and O–H groups in total. The molecule has 0 atom stereocenters. The maximum Gasteiger partial charge on any atom is 0.416 e. The monoisotopic (exact) mass is 260 g/mol. The van der Waals surface area contributed by atoms with E-state index < -0.39 is 11.7 Å². The second kappa shape index (κ2) is 5.61. The van der Waals surface area contributed by atoms with Crippen LogP contribution in [0.2, 0.25) is 0 Å². The van der Waals surface area contributed by atoms with Crippen LogP contribution in [0.5, 0.6) is 0 Å². The van der Waals surface area contributed by atoms with Crippen molar-refractivity contribution in [1.29, 1.82) is 0 Å². The van der Waals surface area contributed by atoms with Crippen molar-refractivity contribution in [2.75, 3.05) is 18.4 Å². The quantitative estimate of drug-likeness (QED) is 0.810. The largest absolute Gasteiger partial charge is 0.416 e. The summed E-state index contributed by atoms with van der Waals surface area (Å²) in [6, 6.07) is 5.23. The van der Waals surface area contributed by atoms with Gasteiger partial charge in [0.2, 0.25) is 0 Å². The van der Waals surface area contributed by atoms with Crippen LogP contribution in [0.4, 0.5) is 18.9 Å². The highest BCUT2D eigenvalue weighted by atomic mass is 19.4. The molecular formula is C13H19F3N2. The second-order valence-corrected chi connectivity index (χ2v) is 5.18. The Hall–Kier alpha value is -1.23. The van der Waals surface area contributed by atoms with E-state index in [0.29, 0.717) is 18.8 Å². The molecule has 0 aliphatic heterocycles. The molecule has 0 aliphatic rings. The molecule has 0 heterocycles. The predicted molar refractivity (Wildman–Crippen MR) is 67.7 cm³/mol. The first-order valence-corrected chi connectivity index (χ1v) is 5.85. The zero-order valence-electron chi connectivity index (χ0n) is 10.9. The third-order valence-electron chi connectivity index (χ3n) is 2.30. The second-order valence-electron chi connectivity index (χ2n) is 5.18. The zero-order chi connectivity index (χ0) is 13.8. The molecule has 0 aromatic heterocycles. The summed E-state index contributed by atoms with van der Waals surface area (Å²) in [6.07, 6.45) is -4.29. The number of alkyl halides is 3. The van der Waals surface area contributed by atoms with Gasteiger partial charge < -0.3 is 10.6 Å². The molecule has 0 saturated heterocycles. The van der Waals surface area contributed by atoms with Crippen LogP contribution in [0.15, 0.2) is 24.3 Å². The normalized spacial score (nSPS) is 12.6. The number of rotatable bonds is 4. The van der Waals surface area contributed by atoms with Gasteiger partial charge in [0.05, 0.1) is 5.56 Å². The van der Waals surface area contributed by atoms with Gasteiger partial charge in [-0.05, 0) is 39.0 Å². The molecule has 1 aromatic carbocycles. The molecule has 0 spiro atoms. The van der Waals surface area contributed by atoms with Crippen LogP contribution >= 0.6 is 0 Å². The van der Waals surface area contributed by atoms with Crippen LogP contribution in [-0.2, 0) is 6.18 Å². The predicted octanol–water partition coefficient (Wildman–Crippen LogP) is 3.51. The van der Waals surface area contributed by atoms with Crippen molar-refractivity contribution < 1.29 is 13.2 Å². The third-order valence-corrected chi connectivity index (χ3v) is 2.30. The van der Waals surface area contributed by atoms with E-state index in [-0.39, 0.29) is 5.54 Å². The smallest absolute Gasteiger partial charge is 0.384 e. The molecule has 0 bridgehead atoms. The maximum atomic E-state index is 12.5. The first-order chi connectivity index (χ1) is 8.18. The molecule has 0 radical (unpaired) electrons. The fourth-order valence-electron chi connectivity index (χ4n) is 1.45. The van der Waals surface area contributed by atoms with Gasteiger partial charge in [0.15, 0.2) is 0 Å². The van der Waals surface area contributed by atoms with Gasteiger partial charge in [-0.1, -0.05) is 6.07 Å². The van der Waals surface area contributed by atoms with E-state index >= 15 is 0 Å². The summed E-state index contributed by atoms with van der Waals surface area (Å²) in [5, 5.41) is 6.22. The Morgan fingerprint density at radius 3 is 2.28 bits per heavy atom. The molecule has 0 aliphatic carbocycles. The van der Waals surface area contributed by atoms with Gasteiger partial charge in [0.1, 0.15) is 0 Å². The van der Waals surface area contributed by atoms with E-state index in [1.165, 1.54) is 6.07 Å². The number of halogens is 3. The van der Waals surface area contributed by atoms with Crippen molar-refractivity contribution in [2.24, 2.45) is 0 Å². The van der Waals surface area contributed by atoms with Crippen LogP contribution in [-0.4, -0.2) is 18.6 Å². The molecule has 102 valence electrons. The first kappa shape index (κ1) is 14.8. The van der Waals surface area contributed by atoms with E-state index in [2.05, 4.69) is 10.6 Å².